The molecule has 4 atom stereocenters. The van der Waals surface area contributed by atoms with E-state index in [0.717, 1.165) is 0 Å². The van der Waals surface area contributed by atoms with Crippen molar-refractivity contribution in [1.29, 1.82) is 0 Å². The summed E-state index contributed by atoms with van der Waals surface area (Å²) in [6.07, 6.45) is -8.21. The van der Waals surface area contributed by atoms with Gasteiger partial charge in [0.1, 0.15) is 18.3 Å². The SMILES string of the molecule is O.O=C[C@H](OS(=O)(=O)O)[C@@H](O)[C@@H](O)[C@H](O)CO. The Morgan fingerprint density at radius 2 is 1.65 bits per heavy atom. The molecule has 0 aromatic rings. The van der Waals surface area contributed by atoms with Crippen LogP contribution < -0.4 is 0 Å². The molecular formula is C6H14O10S. The Morgan fingerprint density at radius 3 is 1.94 bits per heavy atom. The zero-order valence-corrected chi connectivity index (χ0v) is 9.19. The van der Waals surface area contributed by atoms with E-state index in [1.165, 1.54) is 0 Å². The lowest BCUT2D eigenvalue weighted by Crippen LogP contribution is -2.47. The third-order valence-corrected chi connectivity index (χ3v) is 2.10. The van der Waals surface area contributed by atoms with Crippen molar-refractivity contribution >= 4 is 16.7 Å². The summed E-state index contributed by atoms with van der Waals surface area (Å²) in [6, 6.07) is 0. The summed E-state index contributed by atoms with van der Waals surface area (Å²) in [5.41, 5.74) is 0. The molecule has 0 unspecified atom stereocenters. The summed E-state index contributed by atoms with van der Waals surface area (Å²) >= 11 is 0. The van der Waals surface area contributed by atoms with Gasteiger partial charge in [0.05, 0.1) is 6.61 Å². The minimum atomic E-state index is -4.99. The maximum atomic E-state index is 10.3. The average molecular weight is 278 g/mol. The fraction of sp³-hybridized carbons (Fsp3) is 0.833. The third-order valence-electron chi connectivity index (χ3n) is 1.63. The second kappa shape index (κ2) is 7.62. The summed E-state index contributed by atoms with van der Waals surface area (Å²) in [6.45, 7) is -0.921. The minimum absolute atomic E-state index is 0. The minimum Gasteiger partial charge on any atom is -0.412 e. The Labute approximate surface area is 96.3 Å². The smallest absolute Gasteiger partial charge is 0.398 e. The van der Waals surface area contributed by atoms with Crippen LogP contribution in [-0.2, 0) is 19.4 Å². The van der Waals surface area contributed by atoms with Gasteiger partial charge in [-0.05, 0) is 0 Å². The molecule has 0 heterocycles. The maximum absolute atomic E-state index is 10.3. The third kappa shape index (κ3) is 6.60. The molecule has 7 N–H and O–H groups in total. The van der Waals surface area contributed by atoms with Crippen LogP contribution in [0, 0.1) is 0 Å². The highest BCUT2D eigenvalue weighted by Gasteiger charge is 2.34. The number of rotatable bonds is 7. The van der Waals surface area contributed by atoms with Gasteiger partial charge in [-0.15, -0.1) is 0 Å². The van der Waals surface area contributed by atoms with Gasteiger partial charge in [-0.25, -0.2) is 4.18 Å². The van der Waals surface area contributed by atoms with Gasteiger partial charge in [0.25, 0.3) is 0 Å². The lowest BCUT2D eigenvalue weighted by Gasteiger charge is -2.24. The molecule has 0 aliphatic carbocycles. The van der Waals surface area contributed by atoms with Crippen molar-refractivity contribution < 1.29 is 47.9 Å². The van der Waals surface area contributed by atoms with Crippen LogP contribution in [0.4, 0.5) is 0 Å². The molecule has 0 aliphatic heterocycles. The van der Waals surface area contributed by atoms with Crippen LogP contribution in [0.3, 0.4) is 0 Å². The first kappa shape index (κ1) is 18.7. The van der Waals surface area contributed by atoms with Crippen LogP contribution in [0.2, 0.25) is 0 Å². The van der Waals surface area contributed by atoms with E-state index in [1.807, 2.05) is 0 Å². The quantitative estimate of drug-likeness (QED) is 0.226. The highest BCUT2D eigenvalue weighted by molar-refractivity contribution is 7.80. The lowest BCUT2D eigenvalue weighted by atomic mass is 10.0. The van der Waals surface area contributed by atoms with Gasteiger partial charge in [-0.1, -0.05) is 0 Å². The first-order valence-corrected chi connectivity index (χ1v) is 5.35. The summed E-state index contributed by atoms with van der Waals surface area (Å²) < 4.78 is 32.4. The molecule has 0 amide bonds. The van der Waals surface area contributed by atoms with Crippen LogP contribution in [0.15, 0.2) is 0 Å². The summed E-state index contributed by atoms with van der Waals surface area (Å²) in [7, 11) is -4.99. The van der Waals surface area contributed by atoms with Crippen molar-refractivity contribution in [3.63, 3.8) is 0 Å². The van der Waals surface area contributed by atoms with E-state index >= 15 is 0 Å². The number of hydrogen-bond donors (Lipinski definition) is 5. The molecule has 10 nitrogen and oxygen atoms in total. The van der Waals surface area contributed by atoms with Gasteiger partial charge in [0.2, 0.25) is 0 Å². The molecule has 0 aliphatic rings. The molecule has 0 saturated heterocycles. The molecule has 17 heavy (non-hydrogen) atoms. The van der Waals surface area contributed by atoms with Crippen molar-refractivity contribution in [1.82, 2.24) is 0 Å². The average Bonchev–Trinajstić information content (AvgIpc) is 2.21. The molecule has 0 radical (unpaired) electrons. The largest absolute Gasteiger partial charge is 0.412 e. The molecular weight excluding hydrogens is 264 g/mol. The van der Waals surface area contributed by atoms with E-state index in [4.69, 9.17) is 19.9 Å². The van der Waals surface area contributed by atoms with E-state index in [-0.39, 0.29) is 11.8 Å². The second-order valence-electron chi connectivity index (χ2n) is 2.86. The van der Waals surface area contributed by atoms with Gasteiger partial charge < -0.3 is 30.7 Å². The van der Waals surface area contributed by atoms with E-state index in [9.17, 15) is 18.3 Å². The number of aliphatic hydroxyl groups excluding tert-OH is 4. The summed E-state index contributed by atoms with van der Waals surface area (Å²) in [5.74, 6) is 0. The normalized spacial score (nSPS) is 18.6. The van der Waals surface area contributed by atoms with Crippen molar-refractivity contribution in [2.45, 2.75) is 24.4 Å². The number of aliphatic hydroxyl groups is 4. The maximum Gasteiger partial charge on any atom is 0.398 e. The molecule has 0 spiro atoms. The number of aldehydes is 1. The predicted octanol–water partition coefficient (Wildman–Crippen LogP) is -4.38. The van der Waals surface area contributed by atoms with Crippen molar-refractivity contribution in [3.8, 4) is 0 Å². The van der Waals surface area contributed by atoms with E-state index in [0.29, 0.717) is 0 Å². The zero-order valence-electron chi connectivity index (χ0n) is 8.37. The molecule has 104 valence electrons. The Kier molecular flexibility index (Phi) is 8.39. The van der Waals surface area contributed by atoms with Crippen LogP contribution in [-0.4, -0.2) is 76.2 Å². The van der Waals surface area contributed by atoms with Gasteiger partial charge in [-0.2, -0.15) is 8.42 Å². The van der Waals surface area contributed by atoms with Crippen molar-refractivity contribution in [2.75, 3.05) is 6.61 Å². The van der Waals surface area contributed by atoms with E-state index < -0.39 is 41.4 Å². The Bertz CT molecular complexity index is 313. The van der Waals surface area contributed by atoms with Crippen molar-refractivity contribution in [2.24, 2.45) is 0 Å². The lowest BCUT2D eigenvalue weighted by molar-refractivity contribution is -0.133. The van der Waals surface area contributed by atoms with Crippen LogP contribution in [0.5, 0.6) is 0 Å². The van der Waals surface area contributed by atoms with Crippen LogP contribution in [0.25, 0.3) is 0 Å². The first-order chi connectivity index (χ1) is 7.22. The Morgan fingerprint density at radius 1 is 1.18 bits per heavy atom. The monoisotopic (exact) mass is 278 g/mol. The van der Waals surface area contributed by atoms with E-state index in [1.54, 1.807) is 0 Å². The molecule has 0 aromatic carbocycles. The number of carbonyl (C=O) groups is 1. The highest BCUT2D eigenvalue weighted by atomic mass is 32.3. The zero-order chi connectivity index (χ0) is 12.9. The standard InChI is InChI=1S/C6H12O9S.H2O/c7-1-3(9)5(10)6(11)4(2-8)15-16(12,13)14;/h2-7,9-11H,1H2,(H,12,13,14);1H2/t3-,4+,5+,6-;/m1./s1. The fourth-order valence-electron chi connectivity index (χ4n) is 0.830. The fourth-order valence-corrected chi connectivity index (χ4v) is 1.27. The predicted molar refractivity (Wildman–Crippen MR) is 51.2 cm³/mol. The molecule has 0 fully saturated rings. The Balaban J connectivity index is 0. The van der Waals surface area contributed by atoms with Gasteiger partial charge >= 0.3 is 10.4 Å². The highest BCUT2D eigenvalue weighted by Crippen LogP contribution is 2.08. The van der Waals surface area contributed by atoms with Gasteiger partial charge in [0, 0.05) is 0 Å². The second-order valence-corrected chi connectivity index (χ2v) is 3.90. The summed E-state index contributed by atoms with van der Waals surface area (Å²) in [5, 5.41) is 35.6. The van der Waals surface area contributed by atoms with Gasteiger partial charge in [0.15, 0.2) is 12.4 Å². The van der Waals surface area contributed by atoms with Gasteiger partial charge in [-0.3, -0.25) is 4.55 Å². The van der Waals surface area contributed by atoms with Crippen molar-refractivity contribution in [3.05, 3.63) is 0 Å². The van der Waals surface area contributed by atoms with E-state index in [2.05, 4.69) is 4.18 Å². The topological polar surface area (TPSA) is 193 Å². The molecule has 0 aromatic heterocycles. The Hall–Kier alpha value is -0.660. The van der Waals surface area contributed by atoms with Crippen LogP contribution in [0.1, 0.15) is 0 Å². The molecule has 0 rings (SSSR count). The first-order valence-electron chi connectivity index (χ1n) is 3.99. The molecule has 0 bridgehead atoms. The number of carbonyl (C=O) groups excluding carboxylic acids is 1. The molecule has 0 saturated carbocycles. The molecule has 11 heteroatoms. The number of hydrogen-bond acceptors (Lipinski definition) is 8. The van der Waals surface area contributed by atoms with Crippen LogP contribution >= 0.6 is 0 Å². The summed E-state index contributed by atoms with van der Waals surface area (Å²) in [4.78, 5) is 10.3.